The van der Waals surface area contributed by atoms with E-state index in [1.807, 2.05) is 0 Å². The fourth-order valence-electron chi connectivity index (χ4n) is 2.99. The van der Waals surface area contributed by atoms with Crippen molar-refractivity contribution >= 4 is 69.8 Å². The molecule has 0 aliphatic carbocycles. The summed E-state index contributed by atoms with van der Waals surface area (Å²) in [5.41, 5.74) is 0.890. The molecular weight excluding hydrogens is 519 g/mol. The Kier molecular flexibility index (Phi) is 9.02. The van der Waals surface area contributed by atoms with Gasteiger partial charge >= 0.3 is 5.97 Å². The molecule has 9 nitrogen and oxygen atoms in total. The van der Waals surface area contributed by atoms with E-state index in [1.165, 1.54) is 25.3 Å². The van der Waals surface area contributed by atoms with Gasteiger partial charge in [-0.1, -0.05) is 29.3 Å². The van der Waals surface area contributed by atoms with E-state index in [1.54, 1.807) is 31.2 Å². The zero-order valence-corrected chi connectivity index (χ0v) is 21.0. The average molecular weight is 539 g/mol. The van der Waals surface area contributed by atoms with E-state index in [9.17, 15) is 19.2 Å². The average Bonchev–Trinajstić information content (AvgIpc) is 3.05. The highest BCUT2D eigenvalue weighted by atomic mass is 35.5. The molecular formula is C23H20Cl2N2O7S. The molecule has 1 aliphatic heterocycles. The second kappa shape index (κ2) is 12.0. The largest absolute Gasteiger partial charge is 0.493 e. The number of esters is 1. The molecule has 1 fully saturated rings. The van der Waals surface area contributed by atoms with Gasteiger partial charge in [0.1, 0.15) is 6.54 Å². The first kappa shape index (κ1) is 26.4. The summed E-state index contributed by atoms with van der Waals surface area (Å²) < 4.78 is 15.5. The van der Waals surface area contributed by atoms with Crippen LogP contribution < -0.4 is 14.8 Å². The van der Waals surface area contributed by atoms with Gasteiger partial charge in [0.15, 0.2) is 18.1 Å². The molecule has 35 heavy (non-hydrogen) atoms. The van der Waals surface area contributed by atoms with Crippen molar-refractivity contribution in [1.82, 2.24) is 4.90 Å². The maximum Gasteiger partial charge on any atom is 0.344 e. The third-order valence-electron chi connectivity index (χ3n) is 4.47. The summed E-state index contributed by atoms with van der Waals surface area (Å²) in [6, 6.07) is 9.52. The molecule has 12 heteroatoms. The van der Waals surface area contributed by atoms with Gasteiger partial charge in [0.05, 0.1) is 23.6 Å². The van der Waals surface area contributed by atoms with Crippen LogP contribution in [0.2, 0.25) is 10.0 Å². The summed E-state index contributed by atoms with van der Waals surface area (Å²) in [4.78, 5) is 50.0. The minimum Gasteiger partial charge on any atom is -0.493 e. The molecule has 1 heterocycles. The predicted molar refractivity (Wildman–Crippen MR) is 133 cm³/mol. The van der Waals surface area contributed by atoms with Crippen LogP contribution in [0.5, 0.6) is 11.5 Å². The third kappa shape index (κ3) is 6.91. The van der Waals surface area contributed by atoms with Crippen LogP contribution in [-0.2, 0) is 19.1 Å². The molecule has 1 saturated heterocycles. The Balaban J connectivity index is 1.73. The second-order valence-electron chi connectivity index (χ2n) is 6.95. The molecule has 1 N–H and O–H groups in total. The highest BCUT2D eigenvalue weighted by Crippen LogP contribution is 2.39. The first-order valence-electron chi connectivity index (χ1n) is 10.2. The van der Waals surface area contributed by atoms with Crippen LogP contribution in [0.25, 0.3) is 6.08 Å². The number of nitrogens with zero attached hydrogens (tertiary/aromatic N) is 1. The van der Waals surface area contributed by atoms with Crippen LogP contribution in [0.4, 0.5) is 10.5 Å². The fraction of sp³-hybridized carbons (Fsp3) is 0.217. The van der Waals surface area contributed by atoms with Gasteiger partial charge in [0.25, 0.3) is 11.1 Å². The molecule has 0 unspecified atom stereocenters. The number of carbonyl (C=O) groups excluding carboxylic acids is 4. The van der Waals surface area contributed by atoms with E-state index in [0.717, 1.165) is 4.90 Å². The maximum atomic E-state index is 12.8. The SMILES string of the molecule is CCOC(=O)COc1c(Cl)cc(/C=C2\SC(=O)N(CC(=O)Nc3cccc(Cl)c3)C2=O)cc1OC. The molecule has 2 aromatic rings. The molecule has 3 rings (SSSR count). The van der Waals surface area contributed by atoms with Crippen LogP contribution in [0.1, 0.15) is 12.5 Å². The fourth-order valence-corrected chi connectivity index (χ4v) is 4.30. The number of hydrogen-bond acceptors (Lipinski definition) is 8. The quantitative estimate of drug-likeness (QED) is 0.363. The molecule has 0 atom stereocenters. The smallest absolute Gasteiger partial charge is 0.344 e. The van der Waals surface area contributed by atoms with Crippen molar-refractivity contribution in [2.24, 2.45) is 0 Å². The van der Waals surface area contributed by atoms with E-state index >= 15 is 0 Å². The zero-order valence-electron chi connectivity index (χ0n) is 18.6. The van der Waals surface area contributed by atoms with Crippen LogP contribution in [-0.4, -0.2) is 54.8 Å². The van der Waals surface area contributed by atoms with Gasteiger partial charge in [0.2, 0.25) is 5.91 Å². The van der Waals surface area contributed by atoms with Crippen molar-refractivity contribution in [2.75, 3.05) is 32.2 Å². The number of imide groups is 1. The predicted octanol–water partition coefficient (Wildman–Crippen LogP) is 4.62. The second-order valence-corrected chi connectivity index (χ2v) is 8.79. The molecule has 1 aliphatic rings. The molecule has 0 spiro atoms. The molecule has 2 aromatic carbocycles. The van der Waals surface area contributed by atoms with Crippen LogP contribution in [0.3, 0.4) is 0 Å². The number of hydrogen-bond donors (Lipinski definition) is 1. The Labute approximate surface area is 215 Å². The van der Waals surface area contributed by atoms with E-state index in [0.29, 0.717) is 28.0 Å². The summed E-state index contributed by atoms with van der Waals surface area (Å²) >= 11 is 12.9. The van der Waals surface area contributed by atoms with Crippen molar-refractivity contribution in [3.63, 3.8) is 0 Å². The maximum absolute atomic E-state index is 12.8. The Morgan fingerprint density at radius 2 is 1.94 bits per heavy atom. The number of amides is 3. The van der Waals surface area contributed by atoms with Gasteiger partial charge in [0, 0.05) is 10.7 Å². The van der Waals surface area contributed by atoms with Crippen molar-refractivity contribution in [3.05, 3.63) is 56.9 Å². The van der Waals surface area contributed by atoms with Crippen LogP contribution in [0, 0.1) is 0 Å². The molecule has 0 radical (unpaired) electrons. The van der Waals surface area contributed by atoms with Gasteiger partial charge in [-0.15, -0.1) is 0 Å². The number of carbonyl (C=O) groups is 4. The molecule has 0 bridgehead atoms. The number of anilines is 1. The first-order valence-corrected chi connectivity index (χ1v) is 11.8. The lowest BCUT2D eigenvalue weighted by atomic mass is 10.1. The first-order chi connectivity index (χ1) is 16.7. The number of nitrogens with one attached hydrogen (secondary N) is 1. The monoisotopic (exact) mass is 538 g/mol. The molecule has 0 aromatic heterocycles. The highest BCUT2D eigenvalue weighted by Gasteiger charge is 2.36. The summed E-state index contributed by atoms with van der Waals surface area (Å²) in [6.07, 6.45) is 1.45. The van der Waals surface area contributed by atoms with E-state index in [4.69, 9.17) is 37.4 Å². The minimum absolute atomic E-state index is 0.101. The lowest BCUT2D eigenvalue weighted by Gasteiger charge is -2.13. The number of ether oxygens (including phenoxy) is 3. The summed E-state index contributed by atoms with van der Waals surface area (Å²) in [6.45, 7) is 1.07. The molecule has 3 amide bonds. The van der Waals surface area contributed by atoms with Crippen molar-refractivity contribution < 1.29 is 33.4 Å². The Bertz CT molecular complexity index is 1200. The van der Waals surface area contributed by atoms with Gasteiger partial charge in [-0.25, -0.2) is 4.79 Å². The van der Waals surface area contributed by atoms with E-state index < -0.39 is 29.6 Å². The van der Waals surface area contributed by atoms with Gasteiger partial charge in [-0.2, -0.15) is 0 Å². The van der Waals surface area contributed by atoms with Gasteiger partial charge < -0.3 is 19.5 Å². The number of rotatable bonds is 9. The highest BCUT2D eigenvalue weighted by molar-refractivity contribution is 8.18. The Morgan fingerprint density at radius 3 is 2.63 bits per heavy atom. The zero-order chi connectivity index (χ0) is 25.5. The van der Waals surface area contributed by atoms with Gasteiger partial charge in [-0.05, 0) is 60.7 Å². The lowest BCUT2D eigenvalue weighted by Crippen LogP contribution is -2.36. The number of halogens is 2. The molecule has 184 valence electrons. The third-order valence-corrected chi connectivity index (χ3v) is 5.90. The number of methoxy groups -OCH3 is 1. The van der Waals surface area contributed by atoms with Crippen LogP contribution >= 0.6 is 35.0 Å². The van der Waals surface area contributed by atoms with Crippen molar-refractivity contribution in [3.8, 4) is 11.5 Å². The molecule has 0 saturated carbocycles. The summed E-state index contributed by atoms with van der Waals surface area (Å²) in [5, 5.41) is 2.56. The van der Waals surface area contributed by atoms with Crippen LogP contribution in [0.15, 0.2) is 41.3 Å². The van der Waals surface area contributed by atoms with Crippen molar-refractivity contribution in [2.45, 2.75) is 6.92 Å². The van der Waals surface area contributed by atoms with Crippen molar-refractivity contribution in [1.29, 1.82) is 0 Å². The summed E-state index contributed by atoms with van der Waals surface area (Å²) in [5.74, 6) is -1.40. The number of thioether (sulfide) groups is 1. The van der Waals surface area contributed by atoms with E-state index in [-0.39, 0.29) is 34.6 Å². The minimum atomic E-state index is -0.626. The lowest BCUT2D eigenvalue weighted by molar-refractivity contribution is -0.145. The number of benzene rings is 2. The summed E-state index contributed by atoms with van der Waals surface area (Å²) in [7, 11) is 1.39. The Hall–Kier alpha value is -3.21. The van der Waals surface area contributed by atoms with E-state index in [2.05, 4.69) is 5.32 Å². The standard InChI is InChI=1S/C23H20Cl2N2O7S/c1-3-33-20(29)12-34-21-16(25)7-13(8-17(21)32-2)9-18-22(30)27(23(31)35-18)11-19(28)26-15-6-4-5-14(24)10-15/h4-10H,3,11-12H2,1-2H3,(H,26,28)/b18-9-. The Morgan fingerprint density at radius 1 is 1.17 bits per heavy atom. The normalized spacial score (nSPS) is 14.3. The topological polar surface area (TPSA) is 111 Å². The van der Waals surface area contributed by atoms with Gasteiger partial charge in [-0.3, -0.25) is 19.3 Å².